The molecule has 24 heavy (non-hydrogen) atoms. The lowest BCUT2D eigenvalue weighted by Gasteiger charge is -2.33. The predicted molar refractivity (Wildman–Crippen MR) is 89.8 cm³/mol. The standard InChI is InChI=1S/C19H21F3N2/c20-19(21,22)16-8-10-17(11-9-16)23-18-7-4-12-24(14-18)13-15-5-2-1-3-6-15/h1-3,5-6,8-11,18,23H,4,7,12-14H2. The van der Waals surface area contributed by atoms with Gasteiger partial charge in [0.1, 0.15) is 0 Å². The molecule has 0 bridgehead atoms. The van der Waals surface area contributed by atoms with Crippen molar-refractivity contribution >= 4 is 5.69 Å². The van der Waals surface area contributed by atoms with E-state index in [1.807, 2.05) is 18.2 Å². The Morgan fingerprint density at radius 1 is 1.00 bits per heavy atom. The largest absolute Gasteiger partial charge is 0.416 e. The van der Waals surface area contributed by atoms with E-state index in [1.54, 1.807) is 0 Å². The third kappa shape index (κ3) is 4.51. The molecule has 0 spiro atoms. The lowest BCUT2D eigenvalue weighted by molar-refractivity contribution is -0.137. The van der Waals surface area contributed by atoms with Crippen molar-refractivity contribution in [3.63, 3.8) is 0 Å². The average molecular weight is 334 g/mol. The molecule has 1 N–H and O–H groups in total. The molecule has 0 aliphatic carbocycles. The number of anilines is 1. The van der Waals surface area contributed by atoms with E-state index in [2.05, 4.69) is 22.3 Å². The van der Waals surface area contributed by atoms with Crippen LogP contribution in [0, 0.1) is 0 Å². The molecule has 2 aromatic carbocycles. The molecule has 1 atom stereocenters. The molecule has 1 saturated heterocycles. The Balaban J connectivity index is 1.57. The van der Waals surface area contributed by atoms with Crippen LogP contribution in [0.3, 0.4) is 0 Å². The van der Waals surface area contributed by atoms with Gasteiger partial charge in [-0.1, -0.05) is 30.3 Å². The van der Waals surface area contributed by atoms with Gasteiger partial charge in [-0.05, 0) is 49.2 Å². The van der Waals surface area contributed by atoms with Gasteiger partial charge in [0, 0.05) is 24.8 Å². The van der Waals surface area contributed by atoms with Gasteiger partial charge >= 0.3 is 6.18 Å². The van der Waals surface area contributed by atoms with Crippen LogP contribution in [-0.4, -0.2) is 24.0 Å². The second-order valence-electron chi connectivity index (χ2n) is 6.28. The number of hydrogen-bond donors (Lipinski definition) is 1. The highest BCUT2D eigenvalue weighted by Crippen LogP contribution is 2.30. The van der Waals surface area contributed by atoms with Crippen LogP contribution in [0.2, 0.25) is 0 Å². The summed E-state index contributed by atoms with van der Waals surface area (Å²) in [6.45, 7) is 2.86. The molecule has 3 rings (SSSR count). The monoisotopic (exact) mass is 334 g/mol. The number of alkyl halides is 3. The van der Waals surface area contributed by atoms with Crippen LogP contribution < -0.4 is 5.32 Å². The number of likely N-dealkylation sites (tertiary alicyclic amines) is 1. The van der Waals surface area contributed by atoms with Crippen LogP contribution >= 0.6 is 0 Å². The van der Waals surface area contributed by atoms with E-state index in [0.29, 0.717) is 0 Å². The Morgan fingerprint density at radius 2 is 1.71 bits per heavy atom. The molecule has 1 fully saturated rings. The van der Waals surface area contributed by atoms with Gasteiger partial charge in [-0.2, -0.15) is 13.2 Å². The van der Waals surface area contributed by atoms with E-state index in [0.717, 1.165) is 50.3 Å². The smallest absolute Gasteiger partial charge is 0.381 e. The second-order valence-corrected chi connectivity index (χ2v) is 6.28. The zero-order valence-corrected chi connectivity index (χ0v) is 13.4. The molecule has 0 saturated carbocycles. The zero-order chi connectivity index (χ0) is 17.0. The van der Waals surface area contributed by atoms with Crippen molar-refractivity contribution in [2.45, 2.75) is 31.6 Å². The quantitative estimate of drug-likeness (QED) is 0.865. The van der Waals surface area contributed by atoms with Crippen LogP contribution in [-0.2, 0) is 12.7 Å². The lowest BCUT2D eigenvalue weighted by Crippen LogP contribution is -2.41. The molecule has 1 unspecified atom stereocenters. The predicted octanol–water partition coefficient (Wildman–Crippen LogP) is 4.78. The Bertz CT molecular complexity index is 638. The molecule has 2 aromatic rings. The highest BCUT2D eigenvalue weighted by atomic mass is 19.4. The summed E-state index contributed by atoms with van der Waals surface area (Å²) in [5.74, 6) is 0. The van der Waals surface area contributed by atoms with E-state index in [1.165, 1.54) is 17.7 Å². The zero-order valence-electron chi connectivity index (χ0n) is 13.4. The molecule has 128 valence electrons. The fraction of sp³-hybridized carbons (Fsp3) is 0.368. The van der Waals surface area contributed by atoms with E-state index in [4.69, 9.17) is 0 Å². The Morgan fingerprint density at radius 3 is 2.38 bits per heavy atom. The maximum atomic E-state index is 12.6. The number of benzene rings is 2. The van der Waals surface area contributed by atoms with E-state index < -0.39 is 11.7 Å². The van der Waals surface area contributed by atoms with Gasteiger partial charge < -0.3 is 5.32 Å². The summed E-state index contributed by atoms with van der Waals surface area (Å²) in [7, 11) is 0. The topological polar surface area (TPSA) is 15.3 Å². The van der Waals surface area contributed by atoms with E-state index in [9.17, 15) is 13.2 Å². The minimum absolute atomic E-state index is 0.263. The maximum Gasteiger partial charge on any atom is 0.416 e. The Kier molecular flexibility index (Phi) is 5.09. The lowest BCUT2D eigenvalue weighted by atomic mass is 10.0. The number of nitrogens with one attached hydrogen (secondary N) is 1. The van der Waals surface area contributed by atoms with Crippen molar-refractivity contribution in [1.29, 1.82) is 0 Å². The third-order valence-corrected chi connectivity index (χ3v) is 4.34. The molecule has 1 aliphatic heterocycles. The van der Waals surface area contributed by atoms with Crippen LogP contribution in [0.4, 0.5) is 18.9 Å². The first-order valence-corrected chi connectivity index (χ1v) is 8.21. The summed E-state index contributed by atoms with van der Waals surface area (Å²) in [6, 6.07) is 15.9. The van der Waals surface area contributed by atoms with Gasteiger partial charge in [0.05, 0.1) is 5.56 Å². The molecule has 1 heterocycles. The average Bonchev–Trinajstić information content (AvgIpc) is 2.56. The molecule has 0 radical (unpaired) electrons. The van der Waals surface area contributed by atoms with Crippen molar-refractivity contribution in [1.82, 2.24) is 4.90 Å². The summed E-state index contributed by atoms with van der Waals surface area (Å²) < 4.78 is 37.8. The third-order valence-electron chi connectivity index (χ3n) is 4.34. The Labute approximate surface area is 140 Å². The minimum Gasteiger partial charge on any atom is -0.381 e. The fourth-order valence-corrected chi connectivity index (χ4v) is 3.15. The van der Waals surface area contributed by atoms with Gasteiger partial charge in [-0.25, -0.2) is 0 Å². The second kappa shape index (κ2) is 7.26. The molecule has 0 amide bonds. The normalized spacial score (nSPS) is 19.2. The molecule has 0 aromatic heterocycles. The minimum atomic E-state index is -4.28. The van der Waals surface area contributed by atoms with Crippen molar-refractivity contribution in [2.24, 2.45) is 0 Å². The first-order chi connectivity index (χ1) is 11.5. The van der Waals surface area contributed by atoms with Crippen LogP contribution in [0.25, 0.3) is 0 Å². The molecule has 1 aliphatic rings. The van der Waals surface area contributed by atoms with Gasteiger partial charge in [0.2, 0.25) is 0 Å². The number of halogens is 3. The van der Waals surface area contributed by atoms with Crippen molar-refractivity contribution in [3.05, 3.63) is 65.7 Å². The van der Waals surface area contributed by atoms with E-state index in [-0.39, 0.29) is 6.04 Å². The van der Waals surface area contributed by atoms with Gasteiger partial charge in [-0.15, -0.1) is 0 Å². The summed E-state index contributed by atoms with van der Waals surface area (Å²) in [4.78, 5) is 2.39. The summed E-state index contributed by atoms with van der Waals surface area (Å²) in [5, 5.41) is 3.37. The van der Waals surface area contributed by atoms with Crippen molar-refractivity contribution < 1.29 is 13.2 Å². The molecule has 5 heteroatoms. The fourth-order valence-electron chi connectivity index (χ4n) is 3.15. The first-order valence-electron chi connectivity index (χ1n) is 8.21. The number of rotatable bonds is 4. The molecule has 2 nitrogen and oxygen atoms in total. The number of piperidine rings is 1. The van der Waals surface area contributed by atoms with E-state index >= 15 is 0 Å². The summed E-state index contributed by atoms with van der Waals surface area (Å²) in [6.07, 6.45) is -2.16. The highest BCUT2D eigenvalue weighted by molar-refractivity contribution is 5.46. The summed E-state index contributed by atoms with van der Waals surface area (Å²) >= 11 is 0. The molecular formula is C19H21F3N2. The van der Waals surface area contributed by atoms with Crippen molar-refractivity contribution in [2.75, 3.05) is 18.4 Å². The number of hydrogen-bond acceptors (Lipinski definition) is 2. The van der Waals surface area contributed by atoms with Crippen molar-refractivity contribution in [3.8, 4) is 0 Å². The van der Waals surface area contributed by atoms with Gasteiger partial charge in [0.15, 0.2) is 0 Å². The van der Waals surface area contributed by atoms with Gasteiger partial charge in [-0.3, -0.25) is 4.90 Å². The first kappa shape index (κ1) is 16.8. The SMILES string of the molecule is FC(F)(F)c1ccc(NC2CCCN(Cc3ccccc3)C2)cc1. The summed E-state index contributed by atoms with van der Waals surface area (Å²) in [5.41, 5.74) is 1.42. The maximum absolute atomic E-state index is 12.6. The number of nitrogens with zero attached hydrogens (tertiary/aromatic N) is 1. The van der Waals surface area contributed by atoms with Crippen LogP contribution in [0.1, 0.15) is 24.0 Å². The van der Waals surface area contributed by atoms with Crippen LogP contribution in [0.5, 0.6) is 0 Å². The molecular weight excluding hydrogens is 313 g/mol. The van der Waals surface area contributed by atoms with Gasteiger partial charge in [0.25, 0.3) is 0 Å². The highest BCUT2D eigenvalue weighted by Gasteiger charge is 2.30. The van der Waals surface area contributed by atoms with Crippen LogP contribution in [0.15, 0.2) is 54.6 Å². The Hall–Kier alpha value is -2.01.